The number of aromatic hydroxyl groups is 1. The van der Waals surface area contributed by atoms with Crippen LogP contribution in [0.1, 0.15) is 24.1 Å². The van der Waals surface area contributed by atoms with Crippen molar-refractivity contribution in [1.29, 1.82) is 5.26 Å². The summed E-state index contributed by atoms with van der Waals surface area (Å²) in [6, 6.07) is 3.54. The Morgan fingerprint density at radius 1 is 1.47 bits per heavy atom. The van der Waals surface area contributed by atoms with Crippen LogP contribution in [0.25, 0.3) is 0 Å². The number of nitrogens with zero attached hydrogens (tertiary/aromatic N) is 3. The number of hydrogen-bond acceptors (Lipinski definition) is 4. The molecule has 15 heavy (non-hydrogen) atoms. The van der Waals surface area contributed by atoms with Crippen molar-refractivity contribution in [3.8, 4) is 11.8 Å². The van der Waals surface area contributed by atoms with Crippen LogP contribution in [0.5, 0.6) is 5.75 Å². The van der Waals surface area contributed by atoms with E-state index in [0.717, 1.165) is 31.6 Å². The number of nitriles is 1. The zero-order valence-electron chi connectivity index (χ0n) is 8.69. The van der Waals surface area contributed by atoms with Gasteiger partial charge in [-0.1, -0.05) is 0 Å². The molecule has 1 aromatic rings. The highest BCUT2D eigenvalue weighted by molar-refractivity contribution is 5.61. The molecule has 0 radical (unpaired) electrons. The summed E-state index contributed by atoms with van der Waals surface area (Å²) in [4.78, 5) is 6.39. The third kappa shape index (κ3) is 1.73. The molecule has 1 aromatic heterocycles. The zero-order valence-corrected chi connectivity index (χ0v) is 8.69. The molecule has 0 amide bonds. The van der Waals surface area contributed by atoms with E-state index < -0.39 is 0 Å². The zero-order chi connectivity index (χ0) is 10.8. The van der Waals surface area contributed by atoms with Gasteiger partial charge in [0.05, 0.1) is 0 Å². The molecule has 1 saturated heterocycles. The number of anilines is 1. The summed E-state index contributed by atoms with van der Waals surface area (Å²) in [7, 11) is 0. The van der Waals surface area contributed by atoms with Crippen molar-refractivity contribution in [1.82, 2.24) is 4.98 Å². The van der Waals surface area contributed by atoms with Gasteiger partial charge in [0.15, 0.2) is 5.82 Å². The van der Waals surface area contributed by atoms with E-state index in [2.05, 4.69) is 9.88 Å². The Kier molecular flexibility index (Phi) is 2.46. The van der Waals surface area contributed by atoms with Crippen molar-refractivity contribution < 1.29 is 5.11 Å². The number of hydrogen-bond donors (Lipinski definition) is 1. The number of aryl methyl sites for hydroxylation is 1. The smallest absolute Gasteiger partial charge is 0.150 e. The lowest BCUT2D eigenvalue weighted by atomic mass is 10.2. The van der Waals surface area contributed by atoms with Crippen molar-refractivity contribution in [3.63, 3.8) is 0 Å². The fraction of sp³-hybridized carbons (Fsp3) is 0.455. The summed E-state index contributed by atoms with van der Waals surface area (Å²) < 4.78 is 0. The molecule has 78 valence electrons. The van der Waals surface area contributed by atoms with E-state index in [1.807, 2.05) is 13.0 Å². The number of pyridine rings is 1. The summed E-state index contributed by atoms with van der Waals surface area (Å²) in [6.07, 6.45) is 2.25. The van der Waals surface area contributed by atoms with Crippen LogP contribution in [0.3, 0.4) is 0 Å². The van der Waals surface area contributed by atoms with Gasteiger partial charge in [-0.2, -0.15) is 5.26 Å². The predicted octanol–water partition coefficient (Wildman–Crippen LogP) is 1.57. The molecule has 1 fully saturated rings. The Morgan fingerprint density at radius 2 is 2.13 bits per heavy atom. The lowest BCUT2D eigenvalue weighted by Crippen LogP contribution is -2.20. The average molecular weight is 203 g/mol. The molecule has 0 aromatic carbocycles. The minimum absolute atomic E-state index is 0.0342. The molecule has 1 aliphatic rings. The summed E-state index contributed by atoms with van der Waals surface area (Å²) in [6.45, 7) is 3.66. The molecule has 0 aliphatic carbocycles. The molecule has 4 nitrogen and oxygen atoms in total. The number of rotatable bonds is 1. The second-order valence-corrected chi connectivity index (χ2v) is 3.79. The summed E-state index contributed by atoms with van der Waals surface area (Å²) in [5.41, 5.74) is 1.04. The first-order valence-corrected chi connectivity index (χ1v) is 5.08. The molecule has 0 saturated carbocycles. The normalized spacial score (nSPS) is 15.3. The van der Waals surface area contributed by atoms with Gasteiger partial charge in [-0.05, 0) is 19.8 Å². The highest BCUT2D eigenvalue weighted by Gasteiger charge is 2.19. The molecular formula is C11H13N3O. The fourth-order valence-corrected chi connectivity index (χ4v) is 1.90. The van der Waals surface area contributed by atoms with Crippen LogP contribution >= 0.6 is 0 Å². The lowest BCUT2D eigenvalue weighted by Gasteiger charge is -2.18. The second kappa shape index (κ2) is 3.77. The second-order valence-electron chi connectivity index (χ2n) is 3.79. The van der Waals surface area contributed by atoms with E-state index in [1.165, 1.54) is 6.07 Å². The van der Waals surface area contributed by atoms with Gasteiger partial charge in [0.1, 0.15) is 17.4 Å². The lowest BCUT2D eigenvalue weighted by molar-refractivity contribution is 0.472. The van der Waals surface area contributed by atoms with Gasteiger partial charge in [0, 0.05) is 24.8 Å². The maximum Gasteiger partial charge on any atom is 0.150 e. The van der Waals surface area contributed by atoms with Crippen LogP contribution in [0.4, 0.5) is 5.82 Å². The molecule has 0 bridgehead atoms. The molecule has 1 aliphatic heterocycles. The van der Waals surface area contributed by atoms with E-state index in [9.17, 15) is 5.11 Å². The first kappa shape index (κ1) is 9.78. The Balaban J connectivity index is 2.48. The summed E-state index contributed by atoms with van der Waals surface area (Å²) >= 11 is 0. The molecule has 1 N–H and O–H groups in total. The van der Waals surface area contributed by atoms with Gasteiger partial charge in [-0.3, -0.25) is 0 Å². The van der Waals surface area contributed by atoms with Crippen LogP contribution < -0.4 is 4.90 Å². The molecule has 0 spiro atoms. The average Bonchev–Trinajstić information content (AvgIpc) is 2.69. The largest absolute Gasteiger partial charge is 0.506 e. The van der Waals surface area contributed by atoms with Gasteiger partial charge in [0.2, 0.25) is 0 Å². The Hall–Kier alpha value is -1.76. The van der Waals surface area contributed by atoms with Crippen molar-refractivity contribution >= 4 is 5.82 Å². The van der Waals surface area contributed by atoms with Crippen LogP contribution in [0.2, 0.25) is 0 Å². The van der Waals surface area contributed by atoms with Gasteiger partial charge in [-0.25, -0.2) is 4.98 Å². The number of aromatic nitrogens is 1. The van der Waals surface area contributed by atoms with Crippen molar-refractivity contribution in [2.24, 2.45) is 0 Å². The Bertz CT molecular complexity index is 417. The van der Waals surface area contributed by atoms with Gasteiger partial charge in [0.25, 0.3) is 0 Å². The highest BCUT2D eigenvalue weighted by Crippen LogP contribution is 2.28. The van der Waals surface area contributed by atoms with Crippen LogP contribution in [-0.4, -0.2) is 23.2 Å². The Morgan fingerprint density at radius 3 is 2.73 bits per heavy atom. The highest BCUT2D eigenvalue weighted by atomic mass is 16.3. The first-order chi connectivity index (χ1) is 7.22. The fourth-order valence-electron chi connectivity index (χ4n) is 1.90. The van der Waals surface area contributed by atoms with Gasteiger partial charge < -0.3 is 10.0 Å². The third-order valence-electron chi connectivity index (χ3n) is 2.63. The molecule has 2 rings (SSSR count). The topological polar surface area (TPSA) is 60.1 Å². The molecule has 2 heterocycles. The summed E-state index contributed by atoms with van der Waals surface area (Å²) in [5, 5.41) is 18.6. The molecule has 0 atom stereocenters. The van der Waals surface area contributed by atoms with Crippen molar-refractivity contribution in [2.75, 3.05) is 18.0 Å². The van der Waals surface area contributed by atoms with Crippen molar-refractivity contribution in [3.05, 3.63) is 17.3 Å². The quantitative estimate of drug-likeness (QED) is 0.752. The maximum atomic E-state index is 9.64. The monoisotopic (exact) mass is 203 g/mol. The molecule has 0 unspecified atom stereocenters. The Labute approximate surface area is 88.8 Å². The van der Waals surface area contributed by atoms with Gasteiger partial charge >= 0.3 is 0 Å². The summed E-state index contributed by atoms with van der Waals surface area (Å²) in [5.74, 6) is 0.666. The van der Waals surface area contributed by atoms with Gasteiger partial charge in [-0.15, -0.1) is 0 Å². The van der Waals surface area contributed by atoms with E-state index in [0.29, 0.717) is 11.4 Å². The maximum absolute atomic E-state index is 9.64. The predicted molar refractivity (Wildman–Crippen MR) is 56.8 cm³/mol. The van der Waals surface area contributed by atoms with E-state index >= 15 is 0 Å². The van der Waals surface area contributed by atoms with Crippen molar-refractivity contribution in [2.45, 2.75) is 19.8 Å². The standard InChI is InChI=1S/C11H13N3O/c1-8-6-10(15)9(7-12)11(13-8)14-4-2-3-5-14/h6H,2-5H2,1H3,(H,13,15). The SMILES string of the molecule is Cc1cc(O)c(C#N)c(N2CCCC2)n1. The third-order valence-corrected chi connectivity index (χ3v) is 2.63. The first-order valence-electron chi connectivity index (χ1n) is 5.08. The van der Waals surface area contributed by atoms with Crippen LogP contribution in [0.15, 0.2) is 6.07 Å². The van der Waals surface area contributed by atoms with E-state index in [-0.39, 0.29) is 5.75 Å². The van der Waals surface area contributed by atoms with Crippen LogP contribution in [0, 0.1) is 18.3 Å². The molecular weight excluding hydrogens is 190 g/mol. The molecule has 4 heteroatoms. The van der Waals surface area contributed by atoms with E-state index in [4.69, 9.17) is 5.26 Å². The van der Waals surface area contributed by atoms with E-state index in [1.54, 1.807) is 0 Å². The minimum Gasteiger partial charge on any atom is -0.506 e. The van der Waals surface area contributed by atoms with Crippen LogP contribution in [-0.2, 0) is 0 Å². The minimum atomic E-state index is 0.0342.